The SMILES string of the molecule is CS[PH](O)=S. The normalized spacial score (nSPS) is 14.8. The topological polar surface area (TPSA) is 20.2 Å². The van der Waals surface area contributed by atoms with Crippen molar-refractivity contribution in [2.24, 2.45) is 0 Å². The summed E-state index contributed by atoms with van der Waals surface area (Å²) in [6.07, 6.45) is 0.433. The molecule has 0 fully saturated rings. The third kappa shape index (κ3) is 4.96. The van der Waals surface area contributed by atoms with Gasteiger partial charge in [0, 0.05) is 0 Å². The molecule has 1 unspecified atom stereocenters. The van der Waals surface area contributed by atoms with Gasteiger partial charge in [-0.1, -0.05) is 11.8 Å². The van der Waals surface area contributed by atoms with E-state index in [9.17, 15) is 0 Å². The average Bonchev–Trinajstić information content (AvgIpc) is 1.38. The van der Waals surface area contributed by atoms with Crippen molar-refractivity contribution in [3.8, 4) is 0 Å². The summed E-state index contributed by atoms with van der Waals surface area (Å²) in [6, 6.07) is 0. The smallest absolute Gasteiger partial charge is 0.104 e. The molecule has 0 aliphatic carbocycles. The maximum absolute atomic E-state index is 8.24. The zero-order chi connectivity index (χ0) is 4.28. The molecular weight excluding hydrogens is 123 g/mol. The second-order valence-electron chi connectivity index (χ2n) is 0.470. The first kappa shape index (κ1) is 5.96. The highest BCUT2D eigenvalue weighted by atomic mass is 32.9. The minimum absolute atomic E-state index is 1.35. The Balaban J connectivity index is 2.85. The van der Waals surface area contributed by atoms with Crippen LogP contribution in [0.15, 0.2) is 0 Å². The van der Waals surface area contributed by atoms with Crippen molar-refractivity contribution in [3.05, 3.63) is 0 Å². The van der Waals surface area contributed by atoms with Gasteiger partial charge in [-0.05, 0) is 6.26 Å². The van der Waals surface area contributed by atoms with Gasteiger partial charge in [-0.2, -0.15) is 0 Å². The predicted molar refractivity (Wildman–Crippen MR) is 31.4 cm³/mol. The van der Waals surface area contributed by atoms with E-state index >= 15 is 0 Å². The highest BCUT2D eigenvalue weighted by molar-refractivity contribution is 8.62. The lowest BCUT2D eigenvalue weighted by molar-refractivity contribution is 0.658. The maximum atomic E-state index is 8.24. The van der Waals surface area contributed by atoms with Gasteiger partial charge in [-0.25, -0.2) is 0 Å². The molecule has 0 aliphatic heterocycles. The summed E-state index contributed by atoms with van der Waals surface area (Å²) in [5.74, 6) is 0. The molecule has 0 aromatic carbocycles. The van der Waals surface area contributed by atoms with Crippen LogP contribution in [0.5, 0.6) is 0 Å². The van der Waals surface area contributed by atoms with E-state index in [2.05, 4.69) is 11.8 Å². The molecule has 0 aliphatic rings. The van der Waals surface area contributed by atoms with Crippen molar-refractivity contribution < 1.29 is 4.89 Å². The van der Waals surface area contributed by atoms with Gasteiger partial charge in [-0.15, -0.1) is 11.4 Å². The Hall–Kier alpha value is 0.960. The molecule has 0 aromatic heterocycles. The van der Waals surface area contributed by atoms with E-state index in [1.807, 2.05) is 0 Å². The molecule has 1 N–H and O–H groups in total. The number of hydrogen-bond acceptors (Lipinski definition) is 2. The van der Waals surface area contributed by atoms with Crippen molar-refractivity contribution >= 4 is 29.3 Å². The van der Waals surface area contributed by atoms with Crippen LogP contribution in [-0.2, 0) is 11.8 Å². The molecule has 0 bridgehead atoms. The molecular formula is CH5OPS2. The first-order chi connectivity index (χ1) is 2.27. The Bertz CT molecular complexity index is 44.9. The summed E-state index contributed by atoms with van der Waals surface area (Å²) in [4.78, 5) is 8.24. The third-order valence-corrected chi connectivity index (χ3v) is 3.07. The standard InChI is InChI=1S/CH5OPS2/c1-5-3(2)4/h3H,1H3,(H,2,4). The second kappa shape index (κ2) is 3.16. The van der Waals surface area contributed by atoms with Crippen LogP contribution >= 0.6 is 17.5 Å². The Morgan fingerprint density at radius 3 is 2.20 bits per heavy atom. The Morgan fingerprint density at radius 1 is 2.00 bits per heavy atom. The summed E-state index contributed by atoms with van der Waals surface area (Å²) >= 11 is 5.75. The molecule has 5 heavy (non-hydrogen) atoms. The molecule has 0 radical (unpaired) electrons. The lowest BCUT2D eigenvalue weighted by Gasteiger charge is -1.78. The van der Waals surface area contributed by atoms with E-state index in [1.165, 1.54) is 11.4 Å². The highest BCUT2D eigenvalue weighted by Crippen LogP contribution is 2.28. The molecule has 4 heteroatoms. The van der Waals surface area contributed by atoms with Gasteiger partial charge in [-0.3, -0.25) is 0 Å². The minimum atomic E-state index is -1.37. The van der Waals surface area contributed by atoms with Crippen LogP contribution in [0, 0.1) is 0 Å². The van der Waals surface area contributed by atoms with Gasteiger partial charge in [0.1, 0.15) is 6.13 Å². The van der Waals surface area contributed by atoms with Gasteiger partial charge in [0.2, 0.25) is 0 Å². The largest absolute Gasteiger partial charge is 0.359 e. The maximum Gasteiger partial charge on any atom is 0.104 e. The molecule has 0 spiro atoms. The van der Waals surface area contributed by atoms with Crippen LogP contribution in [0.3, 0.4) is 0 Å². The van der Waals surface area contributed by atoms with Crippen molar-refractivity contribution in [2.45, 2.75) is 0 Å². The van der Waals surface area contributed by atoms with E-state index in [4.69, 9.17) is 4.89 Å². The van der Waals surface area contributed by atoms with E-state index < -0.39 is 6.13 Å². The molecule has 0 rings (SSSR count). The number of rotatable bonds is 1. The molecule has 0 aromatic rings. The number of hydrogen-bond donors (Lipinski definition) is 1. The van der Waals surface area contributed by atoms with Crippen LogP contribution in [0.4, 0.5) is 0 Å². The zero-order valence-electron chi connectivity index (χ0n) is 2.76. The molecule has 0 saturated heterocycles. The van der Waals surface area contributed by atoms with Crippen LogP contribution in [0.1, 0.15) is 0 Å². The van der Waals surface area contributed by atoms with Gasteiger partial charge < -0.3 is 4.89 Å². The van der Waals surface area contributed by atoms with E-state index in [-0.39, 0.29) is 0 Å². The van der Waals surface area contributed by atoms with Crippen LogP contribution < -0.4 is 0 Å². The van der Waals surface area contributed by atoms with Crippen LogP contribution in [0.25, 0.3) is 0 Å². The summed E-state index contributed by atoms with van der Waals surface area (Å²) in [6.45, 7) is 0. The average molecular weight is 128 g/mol. The van der Waals surface area contributed by atoms with Gasteiger partial charge >= 0.3 is 0 Å². The summed E-state index contributed by atoms with van der Waals surface area (Å²) < 4.78 is 0. The van der Waals surface area contributed by atoms with Gasteiger partial charge in [0.25, 0.3) is 0 Å². The first-order valence-corrected chi connectivity index (χ1v) is 5.57. The highest BCUT2D eigenvalue weighted by Gasteiger charge is 1.70. The Kier molecular flexibility index (Phi) is 3.77. The summed E-state index contributed by atoms with van der Waals surface area (Å²) in [5.41, 5.74) is 0. The fourth-order valence-electron chi connectivity index (χ4n) is 0. The molecule has 1 nitrogen and oxygen atoms in total. The molecule has 0 saturated carbocycles. The fourth-order valence-corrected chi connectivity index (χ4v) is 0. The third-order valence-electron chi connectivity index (χ3n) is 0.175. The second-order valence-corrected chi connectivity index (χ2v) is 5.73. The van der Waals surface area contributed by atoms with Crippen molar-refractivity contribution in [1.82, 2.24) is 0 Å². The lowest BCUT2D eigenvalue weighted by atomic mass is 12.0. The predicted octanol–water partition coefficient (Wildman–Crippen LogP) is 0.848. The molecule has 0 heterocycles. The zero-order valence-corrected chi connectivity index (χ0v) is 5.40. The Morgan fingerprint density at radius 2 is 2.20 bits per heavy atom. The van der Waals surface area contributed by atoms with E-state index in [0.717, 1.165) is 0 Å². The van der Waals surface area contributed by atoms with Crippen molar-refractivity contribution in [1.29, 1.82) is 0 Å². The van der Waals surface area contributed by atoms with Crippen molar-refractivity contribution in [2.75, 3.05) is 6.26 Å². The Labute approximate surface area is 41.0 Å². The van der Waals surface area contributed by atoms with Gasteiger partial charge in [0.15, 0.2) is 0 Å². The summed E-state index contributed by atoms with van der Waals surface area (Å²) in [5, 5.41) is 0. The van der Waals surface area contributed by atoms with Crippen LogP contribution in [0.2, 0.25) is 0 Å². The summed E-state index contributed by atoms with van der Waals surface area (Å²) in [7, 11) is 0. The fraction of sp³-hybridized carbons (Fsp3) is 1.00. The van der Waals surface area contributed by atoms with E-state index in [0.29, 0.717) is 0 Å². The minimum Gasteiger partial charge on any atom is -0.359 e. The van der Waals surface area contributed by atoms with Crippen LogP contribution in [-0.4, -0.2) is 11.1 Å². The first-order valence-electron chi connectivity index (χ1n) is 1.04. The molecule has 32 valence electrons. The quantitative estimate of drug-likeness (QED) is 0.528. The monoisotopic (exact) mass is 128 g/mol. The molecule has 0 amide bonds. The van der Waals surface area contributed by atoms with Gasteiger partial charge in [0.05, 0.1) is 0 Å². The van der Waals surface area contributed by atoms with Crippen molar-refractivity contribution in [3.63, 3.8) is 0 Å². The lowest BCUT2D eigenvalue weighted by Crippen LogP contribution is -1.35. The molecule has 1 atom stereocenters. The van der Waals surface area contributed by atoms with E-state index in [1.54, 1.807) is 6.26 Å².